The Morgan fingerprint density at radius 2 is 1.80 bits per heavy atom. The van der Waals surface area contributed by atoms with Gasteiger partial charge in [0.15, 0.2) is 0 Å². The van der Waals surface area contributed by atoms with Gasteiger partial charge in [-0.2, -0.15) is 0 Å². The van der Waals surface area contributed by atoms with E-state index in [2.05, 4.69) is 26.3 Å². The third kappa shape index (κ3) is 3.69. The number of hydrogen-bond donors (Lipinski definition) is 2. The maximum absolute atomic E-state index is 12.1. The Hall–Kier alpha value is -2.73. The Bertz CT molecular complexity index is 954. The second kappa shape index (κ2) is 7.03. The quantitative estimate of drug-likeness (QED) is 0.502. The van der Waals surface area contributed by atoms with Gasteiger partial charge in [-0.05, 0) is 43.5 Å². The number of aromatic nitrogens is 3. The molecule has 4 rings (SSSR count). The van der Waals surface area contributed by atoms with Crippen LogP contribution in [0.25, 0.3) is 21.3 Å². The Labute approximate surface area is 149 Å². The molecule has 6 heteroatoms. The number of para-hydroxylation sites is 3. The Kier molecular flexibility index (Phi) is 4.43. The van der Waals surface area contributed by atoms with Gasteiger partial charge in [-0.15, -0.1) is 11.3 Å². The molecule has 0 aliphatic rings. The summed E-state index contributed by atoms with van der Waals surface area (Å²) < 4.78 is 1.22. The molecule has 25 heavy (non-hydrogen) atoms. The standard InChI is InChI=1S/C19H18N4OS/c24-17(23-19-21-13-7-1-2-8-14(13)22-19)11-5-6-12-18-20-15-9-3-4-10-16(15)25-18/h1-4,7-10H,5-6,11-12H2,(H2,21,22,23,24). The number of imidazole rings is 1. The van der Waals surface area contributed by atoms with Crippen LogP contribution in [0.1, 0.15) is 24.3 Å². The molecule has 2 aromatic carbocycles. The molecular formula is C19H18N4OS. The van der Waals surface area contributed by atoms with Crippen molar-refractivity contribution in [3.63, 3.8) is 0 Å². The Morgan fingerprint density at radius 1 is 1.00 bits per heavy atom. The summed E-state index contributed by atoms with van der Waals surface area (Å²) in [6.45, 7) is 0. The van der Waals surface area contributed by atoms with Gasteiger partial charge in [0.1, 0.15) is 0 Å². The summed E-state index contributed by atoms with van der Waals surface area (Å²) >= 11 is 1.73. The van der Waals surface area contributed by atoms with E-state index in [-0.39, 0.29) is 5.91 Å². The molecule has 4 aromatic rings. The molecule has 0 saturated carbocycles. The Balaban J connectivity index is 1.26. The van der Waals surface area contributed by atoms with Crippen LogP contribution < -0.4 is 5.32 Å². The highest BCUT2D eigenvalue weighted by Crippen LogP contribution is 2.23. The van der Waals surface area contributed by atoms with Crippen molar-refractivity contribution in [2.24, 2.45) is 0 Å². The normalized spacial score (nSPS) is 11.2. The van der Waals surface area contributed by atoms with Gasteiger partial charge in [0.05, 0.1) is 26.3 Å². The number of hydrogen-bond acceptors (Lipinski definition) is 4. The molecule has 0 spiro atoms. The lowest BCUT2D eigenvalue weighted by molar-refractivity contribution is -0.116. The van der Waals surface area contributed by atoms with Crippen LogP contribution in [0.4, 0.5) is 5.95 Å². The van der Waals surface area contributed by atoms with Crippen LogP contribution in [0.2, 0.25) is 0 Å². The van der Waals surface area contributed by atoms with Gasteiger partial charge < -0.3 is 4.98 Å². The molecule has 2 aromatic heterocycles. The summed E-state index contributed by atoms with van der Waals surface area (Å²) in [4.78, 5) is 24.1. The summed E-state index contributed by atoms with van der Waals surface area (Å²) in [5.41, 5.74) is 2.84. The molecule has 126 valence electrons. The first-order valence-electron chi connectivity index (χ1n) is 8.37. The second-order valence-corrected chi connectivity index (χ2v) is 7.05. The van der Waals surface area contributed by atoms with Gasteiger partial charge in [0.2, 0.25) is 11.9 Å². The minimum absolute atomic E-state index is 0.0108. The van der Waals surface area contributed by atoms with Crippen LogP contribution in [-0.2, 0) is 11.2 Å². The fourth-order valence-electron chi connectivity index (χ4n) is 2.80. The molecule has 2 N–H and O–H groups in total. The zero-order chi connectivity index (χ0) is 17.1. The van der Waals surface area contributed by atoms with Crippen LogP contribution in [0.5, 0.6) is 0 Å². The highest BCUT2D eigenvalue weighted by molar-refractivity contribution is 7.18. The summed E-state index contributed by atoms with van der Waals surface area (Å²) in [7, 11) is 0. The van der Waals surface area contributed by atoms with E-state index in [1.54, 1.807) is 11.3 Å². The zero-order valence-electron chi connectivity index (χ0n) is 13.7. The van der Waals surface area contributed by atoms with Crippen LogP contribution >= 0.6 is 11.3 Å². The van der Waals surface area contributed by atoms with Crippen LogP contribution in [0.3, 0.4) is 0 Å². The van der Waals surface area contributed by atoms with Crippen molar-refractivity contribution in [1.29, 1.82) is 0 Å². The van der Waals surface area contributed by atoms with Gasteiger partial charge in [-0.25, -0.2) is 9.97 Å². The highest BCUT2D eigenvalue weighted by Gasteiger charge is 2.07. The van der Waals surface area contributed by atoms with E-state index in [0.29, 0.717) is 12.4 Å². The largest absolute Gasteiger partial charge is 0.324 e. The van der Waals surface area contributed by atoms with E-state index in [9.17, 15) is 4.79 Å². The van der Waals surface area contributed by atoms with Crippen molar-refractivity contribution in [3.8, 4) is 0 Å². The molecule has 0 atom stereocenters. The summed E-state index contributed by atoms with van der Waals surface area (Å²) in [6, 6.07) is 15.9. The molecule has 0 aliphatic heterocycles. The number of amides is 1. The molecule has 1 amide bonds. The monoisotopic (exact) mass is 350 g/mol. The lowest BCUT2D eigenvalue weighted by Gasteiger charge is -2.01. The topological polar surface area (TPSA) is 70.7 Å². The molecule has 0 aliphatic carbocycles. The molecule has 0 saturated heterocycles. The molecule has 5 nitrogen and oxygen atoms in total. The van der Waals surface area contributed by atoms with Crippen LogP contribution in [-0.4, -0.2) is 20.9 Å². The van der Waals surface area contributed by atoms with Crippen molar-refractivity contribution in [2.75, 3.05) is 5.32 Å². The van der Waals surface area contributed by atoms with Crippen LogP contribution in [0.15, 0.2) is 48.5 Å². The van der Waals surface area contributed by atoms with Crippen molar-refractivity contribution < 1.29 is 4.79 Å². The number of rotatable bonds is 6. The number of fused-ring (bicyclic) bond motifs is 2. The van der Waals surface area contributed by atoms with Crippen molar-refractivity contribution in [2.45, 2.75) is 25.7 Å². The van der Waals surface area contributed by atoms with E-state index in [0.717, 1.165) is 40.8 Å². The minimum Gasteiger partial charge on any atom is -0.324 e. The van der Waals surface area contributed by atoms with Gasteiger partial charge in [0.25, 0.3) is 0 Å². The number of carbonyl (C=O) groups excluding carboxylic acids is 1. The fourth-order valence-corrected chi connectivity index (χ4v) is 3.80. The molecule has 0 bridgehead atoms. The number of thiazole rings is 1. The lowest BCUT2D eigenvalue weighted by Crippen LogP contribution is -2.12. The zero-order valence-corrected chi connectivity index (χ0v) is 14.5. The van der Waals surface area contributed by atoms with E-state index in [1.807, 2.05) is 42.5 Å². The average molecular weight is 350 g/mol. The number of nitrogens with one attached hydrogen (secondary N) is 2. The van der Waals surface area contributed by atoms with E-state index in [1.165, 1.54) is 4.70 Å². The van der Waals surface area contributed by atoms with E-state index < -0.39 is 0 Å². The predicted octanol–water partition coefficient (Wildman–Crippen LogP) is 4.52. The maximum Gasteiger partial charge on any atom is 0.226 e. The van der Waals surface area contributed by atoms with Gasteiger partial charge in [-0.1, -0.05) is 24.3 Å². The summed E-state index contributed by atoms with van der Waals surface area (Å²) in [5, 5.41) is 3.97. The summed E-state index contributed by atoms with van der Waals surface area (Å²) in [5.74, 6) is 0.501. The number of anilines is 1. The van der Waals surface area contributed by atoms with Crippen LogP contribution in [0, 0.1) is 0 Å². The SMILES string of the molecule is O=C(CCCCc1nc2ccccc2s1)Nc1nc2ccccc2[nH]1. The van der Waals surface area contributed by atoms with Crippen molar-refractivity contribution in [1.82, 2.24) is 15.0 Å². The van der Waals surface area contributed by atoms with Crippen molar-refractivity contribution in [3.05, 3.63) is 53.5 Å². The third-order valence-corrected chi connectivity index (χ3v) is 5.13. The van der Waals surface area contributed by atoms with E-state index >= 15 is 0 Å². The first-order valence-corrected chi connectivity index (χ1v) is 9.19. The number of unbranched alkanes of at least 4 members (excludes halogenated alkanes) is 1. The molecule has 0 fully saturated rings. The molecule has 0 radical (unpaired) electrons. The number of benzene rings is 2. The van der Waals surface area contributed by atoms with Gasteiger partial charge >= 0.3 is 0 Å². The highest BCUT2D eigenvalue weighted by atomic mass is 32.1. The minimum atomic E-state index is -0.0108. The molecule has 2 heterocycles. The smallest absolute Gasteiger partial charge is 0.226 e. The maximum atomic E-state index is 12.1. The lowest BCUT2D eigenvalue weighted by atomic mass is 10.2. The fraction of sp³-hybridized carbons (Fsp3) is 0.211. The summed E-state index contributed by atoms with van der Waals surface area (Å²) in [6.07, 6.45) is 3.19. The molecule has 0 unspecified atom stereocenters. The number of aryl methyl sites for hydroxylation is 1. The average Bonchev–Trinajstić information content (AvgIpc) is 3.21. The first-order chi connectivity index (χ1) is 12.3. The van der Waals surface area contributed by atoms with Gasteiger partial charge in [-0.3, -0.25) is 10.1 Å². The predicted molar refractivity (Wildman–Crippen MR) is 102 cm³/mol. The van der Waals surface area contributed by atoms with Crippen molar-refractivity contribution >= 4 is 44.4 Å². The Morgan fingerprint density at radius 3 is 2.64 bits per heavy atom. The van der Waals surface area contributed by atoms with Gasteiger partial charge in [0, 0.05) is 6.42 Å². The number of H-pyrrole nitrogens is 1. The number of nitrogens with zero attached hydrogens (tertiary/aromatic N) is 2. The first kappa shape index (κ1) is 15.8. The number of carbonyl (C=O) groups is 1. The molecular weight excluding hydrogens is 332 g/mol. The second-order valence-electron chi connectivity index (χ2n) is 5.93. The van der Waals surface area contributed by atoms with E-state index in [4.69, 9.17) is 0 Å². The third-order valence-electron chi connectivity index (χ3n) is 4.03. The number of aromatic amines is 1.